The highest BCUT2D eigenvalue weighted by Crippen LogP contribution is 2.22. The van der Waals surface area contributed by atoms with E-state index in [9.17, 15) is 4.79 Å². The Hall–Kier alpha value is -0.650. The van der Waals surface area contributed by atoms with Gasteiger partial charge in [-0.25, -0.2) is 0 Å². The van der Waals surface area contributed by atoms with Crippen LogP contribution >= 0.6 is 0 Å². The number of hydrogen-bond acceptors (Lipinski definition) is 4. The van der Waals surface area contributed by atoms with Gasteiger partial charge in [-0.05, 0) is 38.0 Å². The second-order valence-electron chi connectivity index (χ2n) is 7.48. The van der Waals surface area contributed by atoms with E-state index in [0.717, 1.165) is 58.5 Å². The van der Waals surface area contributed by atoms with Gasteiger partial charge in [0.05, 0.1) is 12.7 Å². The number of rotatable bonds is 6. The fraction of sp³-hybridized carbons (Fsp3) is 0.944. The molecular formula is C18H32N2O3. The molecule has 0 aromatic carbocycles. The van der Waals surface area contributed by atoms with Gasteiger partial charge in [0.2, 0.25) is 5.91 Å². The highest BCUT2D eigenvalue weighted by molar-refractivity contribution is 5.77. The van der Waals surface area contributed by atoms with Gasteiger partial charge in [-0.2, -0.15) is 0 Å². The molecule has 0 aromatic heterocycles. The first-order valence-electron chi connectivity index (χ1n) is 9.39. The second kappa shape index (κ2) is 8.45. The Morgan fingerprint density at radius 2 is 1.91 bits per heavy atom. The van der Waals surface area contributed by atoms with Crippen LogP contribution in [0.5, 0.6) is 0 Å². The fourth-order valence-corrected chi connectivity index (χ4v) is 4.13. The SMILES string of the molecule is CN(C(=O)COC1CCCC1)C1CCN(C[C@H]2CCOC2)CC1. The molecule has 0 N–H and O–H groups in total. The number of ether oxygens (including phenoxy) is 2. The second-order valence-corrected chi connectivity index (χ2v) is 7.48. The Kier molecular flexibility index (Phi) is 6.31. The molecular weight excluding hydrogens is 292 g/mol. The van der Waals surface area contributed by atoms with Crippen LogP contribution in [0.4, 0.5) is 0 Å². The van der Waals surface area contributed by atoms with Crippen LogP contribution in [0, 0.1) is 5.92 Å². The van der Waals surface area contributed by atoms with Crippen molar-refractivity contribution >= 4 is 5.91 Å². The maximum absolute atomic E-state index is 12.3. The van der Waals surface area contributed by atoms with E-state index in [4.69, 9.17) is 9.47 Å². The molecule has 5 nitrogen and oxygen atoms in total. The minimum Gasteiger partial charge on any atom is -0.381 e. The zero-order valence-corrected chi connectivity index (χ0v) is 14.5. The van der Waals surface area contributed by atoms with E-state index in [0.29, 0.717) is 18.1 Å². The van der Waals surface area contributed by atoms with E-state index in [1.807, 2.05) is 11.9 Å². The molecule has 23 heavy (non-hydrogen) atoms. The molecule has 0 spiro atoms. The van der Waals surface area contributed by atoms with Crippen molar-refractivity contribution in [3.05, 3.63) is 0 Å². The van der Waals surface area contributed by atoms with E-state index in [1.54, 1.807) is 0 Å². The molecule has 0 aromatic rings. The molecule has 1 saturated carbocycles. The Morgan fingerprint density at radius 3 is 2.57 bits per heavy atom. The summed E-state index contributed by atoms with van der Waals surface area (Å²) in [5, 5.41) is 0. The van der Waals surface area contributed by atoms with Crippen LogP contribution in [0.25, 0.3) is 0 Å². The number of nitrogens with zero attached hydrogens (tertiary/aromatic N) is 2. The fourth-order valence-electron chi connectivity index (χ4n) is 4.13. The number of carbonyl (C=O) groups excluding carboxylic acids is 1. The molecule has 2 saturated heterocycles. The maximum Gasteiger partial charge on any atom is 0.248 e. The summed E-state index contributed by atoms with van der Waals surface area (Å²) in [5.41, 5.74) is 0. The molecule has 5 heteroatoms. The predicted molar refractivity (Wildman–Crippen MR) is 89.4 cm³/mol. The average Bonchev–Trinajstić information content (AvgIpc) is 3.26. The number of likely N-dealkylation sites (tertiary alicyclic amines) is 1. The molecule has 2 heterocycles. The lowest BCUT2D eigenvalue weighted by Crippen LogP contribution is -2.47. The van der Waals surface area contributed by atoms with Gasteiger partial charge in [0.15, 0.2) is 0 Å². The van der Waals surface area contributed by atoms with Gasteiger partial charge in [0, 0.05) is 39.3 Å². The largest absolute Gasteiger partial charge is 0.381 e. The first kappa shape index (κ1) is 17.2. The third-order valence-corrected chi connectivity index (χ3v) is 5.78. The van der Waals surface area contributed by atoms with Crippen LogP contribution in [0.2, 0.25) is 0 Å². The van der Waals surface area contributed by atoms with Crippen LogP contribution in [-0.4, -0.2) is 74.4 Å². The lowest BCUT2D eigenvalue weighted by atomic mass is 10.0. The van der Waals surface area contributed by atoms with Gasteiger partial charge < -0.3 is 19.3 Å². The van der Waals surface area contributed by atoms with Crippen LogP contribution in [-0.2, 0) is 14.3 Å². The van der Waals surface area contributed by atoms with E-state index in [2.05, 4.69) is 4.90 Å². The summed E-state index contributed by atoms with van der Waals surface area (Å²) < 4.78 is 11.2. The molecule has 132 valence electrons. The number of hydrogen-bond donors (Lipinski definition) is 0. The highest BCUT2D eigenvalue weighted by Gasteiger charge is 2.28. The van der Waals surface area contributed by atoms with E-state index in [1.165, 1.54) is 19.3 Å². The van der Waals surface area contributed by atoms with Crippen molar-refractivity contribution in [2.75, 3.05) is 46.5 Å². The van der Waals surface area contributed by atoms with Gasteiger partial charge >= 0.3 is 0 Å². The van der Waals surface area contributed by atoms with Crippen molar-refractivity contribution in [3.63, 3.8) is 0 Å². The average molecular weight is 324 g/mol. The van der Waals surface area contributed by atoms with Gasteiger partial charge in [0.25, 0.3) is 0 Å². The molecule has 3 aliphatic rings. The van der Waals surface area contributed by atoms with Crippen LogP contribution in [0.3, 0.4) is 0 Å². The summed E-state index contributed by atoms with van der Waals surface area (Å²) in [4.78, 5) is 16.8. The Bertz CT molecular complexity index is 370. The van der Waals surface area contributed by atoms with Crippen molar-refractivity contribution in [3.8, 4) is 0 Å². The molecule has 3 fully saturated rings. The van der Waals surface area contributed by atoms with Crippen LogP contribution < -0.4 is 0 Å². The molecule has 0 bridgehead atoms. The topological polar surface area (TPSA) is 42.0 Å². The van der Waals surface area contributed by atoms with Gasteiger partial charge in [-0.3, -0.25) is 4.79 Å². The summed E-state index contributed by atoms with van der Waals surface area (Å²) in [7, 11) is 1.95. The van der Waals surface area contributed by atoms with Crippen LogP contribution in [0.1, 0.15) is 44.9 Å². The Labute approximate surface area is 140 Å². The minimum atomic E-state index is 0.152. The van der Waals surface area contributed by atoms with E-state index < -0.39 is 0 Å². The van der Waals surface area contributed by atoms with Gasteiger partial charge in [-0.1, -0.05) is 12.8 Å². The van der Waals surface area contributed by atoms with Crippen LogP contribution in [0.15, 0.2) is 0 Å². The highest BCUT2D eigenvalue weighted by atomic mass is 16.5. The van der Waals surface area contributed by atoms with Gasteiger partial charge in [-0.15, -0.1) is 0 Å². The summed E-state index contributed by atoms with van der Waals surface area (Å²) in [6.45, 7) is 5.48. The molecule has 1 aliphatic carbocycles. The van der Waals surface area contributed by atoms with Crippen molar-refractivity contribution in [2.24, 2.45) is 5.92 Å². The molecule has 1 amide bonds. The third-order valence-electron chi connectivity index (χ3n) is 5.78. The van der Waals surface area contributed by atoms with Crippen molar-refractivity contribution in [1.29, 1.82) is 0 Å². The molecule has 3 rings (SSSR count). The molecule has 1 atom stereocenters. The molecule has 0 unspecified atom stereocenters. The van der Waals surface area contributed by atoms with Gasteiger partial charge in [0.1, 0.15) is 6.61 Å². The number of piperidine rings is 1. The number of carbonyl (C=O) groups is 1. The van der Waals surface area contributed by atoms with E-state index >= 15 is 0 Å². The van der Waals surface area contributed by atoms with Crippen molar-refractivity contribution < 1.29 is 14.3 Å². The predicted octanol–water partition coefficient (Wildman–Crippen LogP) is 1.90. The summed E-state index contributed by atoms with van der Waals surface area (Å²) in [6.07, 6.45) is 8.44. The summed E-state index contributed by atoms with van der Waals surface area (Å²) >= 11 is 0. The Morgan fingerprint density at radius 1 is 1.17 bits per heavy atom. The summed E-state index contributed by atoms with van der Waals surface area (Å²) in [5.74, 6) is 0.866. The standard InChI is InChI=1S/C18H32N2O3/c1-19(18(21)14-23-17-4-2-3-5-17)16-6-9-20(10-7-16)12-15-8-11-22-13-15/h15-17H,2-14H2,1H3/t15-/m1/s1. The zero-order chi connectivity index (χ0) is 16.1. The lowest BCUT2D eigenvalue weighted by molar-refractivity contribution is -0.139. The zero-order valence-electron chi connectivity index (χ0n) is 14.5. The minimum absolute atomic E-state index is 0.152. The smallest absolute Gasteiger partial charge is 0.248 e. The first-order chi connectivity index (χ1) is 11.2. The summed E-state index contributed by atoms with van der Waals surface area (Å²) in [6, 6.07) is 0.380. The maximum atomic E-state index is 12.3. The number of likely N-dealkylation sites (N-methyl/N-ethyl adjacent to an activating group) is 1. The normalized spacial score (nSPS) is 27.6. The molecule has 0 radical (unpaired) electrons. The Balaban J connectivity index is 1.35. The van der Waals surface area contributed by atoms with Crippen molar-refractivity contribution in [1.82, 2.24) is 9.80 Å². The monoisotopic (exact) mass is 324 g/mol. The first-order valence-corrected chi connectivity index (χ1v) is 9.39. The van der Waals surface area contributed by atoms with Crippen molar-refractivity contribution in [2.45, 2.75) is 57.1 Å². The van der Waals surface area contributed by atoms with E-state index in [-0.39, 0.29) is 12.5 Å². The third kappa shape index (κ3) is 4.91. The number of amides is 1. The lowest BCUT2D eigenvalue weighted by Gasteiger charge is -2.37. The quantitative estimate of drug-likeness (QED) is 0.748. The molecule has 2 aliphatic heterocycles.